The molecule has 0 saturated heterocycles. The van der Waals surface area contributed by atoms with E-state index in [-0.39, 0.29) is 11.9 Å². The van der Waals surface area contributed by atoms with Gasteiger partial charge in [0, 0.05) is 11.5 Å². The van der Waals surface area contributed by atoms with E-state index in [1.54, 1.807) is 0 Å². The zero-order chi connectivity index (χ0) is 12.4. The molecule has 1 aromatic carbocycles. The number of ether oxygens (including phenoxy) is 2. The van der Waals surface area contributed by atoms with Crippen molar-refractivity contribution in [2.75, 3.05) is 7.11 Å². The first-order valence-electron chi connectivity index (χ1n) is 5.39. The second-order valence-electron chi connectivity index (χ2n) is 3.89. The molecule has 1 aromatic rings. The standard InChI is InChI=1S/C14H14O3/c1-9-10(2)17-13(12(9)14(15)16-3)11-7-5-4-6-8-11/h4-9H,2H2,1,3H3/t9-/m0/s1. The number of esters is 1. The van der Waals surface area contributed by atoms with Gasteiger partial charge < -0.3 is 9.47 Å². The van der Waals surface area contributed by atoms with E-state index in [9.17, 15) is 4.79 Å². The van der Waals surface area contributed by atoms with Gasteiger partial charge in [-0.15, -0.1) is 0 Å². The van der Waals surface area contributed by atoms with Crippen molar-refractivity contribution in [3.8, 4) is 0 Å². The van der Waals surface area contributed by atoms with Crippen LogP contribution in [0.1, 0.15) is 12.5 Å². The third-order valence-corrected chi connectivity index (χ3v) is 2.84. The van der Waals surface area contributed by atoms with Crippen molar-refractivity contribution in [3.05, 3.63) is 53.8 Å². The van der Waals surface area contributed by atoms with Crippen molar-refractivity contribution in [3.63, 3.8) is 0 Å². The number of allylic oxidation sites excluding steroid dienone is 1. The summed E-state index contributed by atoms with van der Waals surface area (Å²) in [6, 6.07) is 9.49. The summed E-state index contributed by atoms with van der Waals surface area (Å²) < 4.78 is 10.4. The molecule has 1 aliphatic rings. The van der Waals surface area contributed by atoms with Crippen molar-refractivity contribution in [2.24, 2.45) is 5.92 Å². The largest absolute Gasteiger partial charge is 0.466 e. The Morgan fingerprint density at radius 1 is 1.35 bits per heavy atom. The average molecular weight is 230 g/mol. The third kappa shape index (κ3) is 1.96. The molecule has 0 bridgehead atoms. The third-order valence-electron chi connectivity index (χ3n) is 2.84. The van der Waals surface area contributed by atoms with Crippen LogP contribution in [0, 0.1) is 5.92 Å². The van der Waals surface area contributed by atoms with Crippen LogP contribution in [0.2, 0.25) is 0 Å². The van der Waals surface area contributed by atoms with Crippen LogP contribution in [0.4, 0.5) is 0 Å². The van der Waals surface area contributed by atoms with E-state index < -0.39 is 0 Å². The van der Waals surface area contributed by atoms with E-state index >= 15 is 0 Å². The van der Waals surface area contributed by atoms with Gasteiger partial charge in [0.05, 0.1) is 12.7 Å². The first-order chi connectivity index (χ1) is 8.15. The van der Waals surface area contributed by atoms with Crippen molar-refractivity contribution in [1.82, 2.24) is 0 Å². The lowest BCUT2D eigenvalue weighted by molar-refractivity contribution is -0.136. The Labute approximate surface area is 100 Å². The van der Waals surface area contributed by atoms with Crippen LogP contribution in [0.3, 0.4) is 0 Å². The number of carbonyl (C=O) groups is 1. The van der Waals surface area contributed by atoms with Gasteiger partial charge in [-0.2, -0.15) is 0 Å². The molecule has 0 aromatic heterocycles. The van der Waals surface area contributed by atoms with Crippen LogP contribution in [0.15, 0.2) is 48.2 Å². The number of hydrogen-bond donors (Lipinski definition) is 0. The highest BCUT2D eigenvalue weighted by Gasteiger charge is 2.33. The second kappa shape index (κ2) is 4.45. The molecular formula is C14H14O3. The fourth-order valence-corrected chi connectivity index (χ4v) is 1.82. The van der Waals surface area contributed by atoms with Crippen molar-refractivity contribution >= 4 is 11.7 Å². The van der Waals surface area contributed by atoms with Crippen molar-refractivity contribution < 1.29 is 14.3 Å². The van der Waals surface area contributed by atoms with Gasteiger partial charge in [0.15, 0.2) is 0 Å². The van der Waals surface area contributed by atoms with E-state index in [1.807, 2.05) is 37.3 Å². The fraction of sp³-hybridized carbons (Fsp3) is 0.214. The van der Waals surface area contributed by atoms with Crippen LogP contribution in [-0.2, 0) is 14.3 Å². The summed E-state index contributed by atoms with van der Waals surface area (Å²) >= 11 is 0. The Morgan fingerprint density at radius 3 is 2.59 bits per heavy atom. The molecule has 0 N–H and O–H groups in total. The van der Waals surface area contributed by atoms with Crippen molar-refractivity contribution in [2.45, 2.75) is 6.92 Å². The summed E-state index contributed by atoms with van der Waals surface area (Å²) in [6.07, 6.45) is 0. The molecule has 0 unspecified atom stereocenters. The minimum atomic E-state index is -0.366. The summed E-state index contributed by atoms with van der Waals surface area (Å²) in [7, 11) is 1.37. The van der Waals surface area contributed by atoms with Gasteiger partial charge in [-0.1, -0.05) is 43.8 Å². The van der Waals surface area contributed by atoms with Gasteiger partial charge >= 0.3 is 5.97 Å². The van der Waals surface area contributed by atoms with Crippen LogP contribution >= 0.6 is 0 Å². The maximum atomic E-state index is 11.8. The molecule has 17 heavy (non-hydrogen) atoms. The summed E-state index contributed by atoms with van der Waals surface area (Å²) in [4.78, 5) is 11.8. The Bertz CT molecular complexity index is 485. The van der Waals surface area contributed by atoms with Gasteiger partial charge in [-0.05, 0) is 0 Å². The summed E-state index contributed by atoms with van der Waals surface area (Å²) in [5.41, 5.74) is 1.39. The number of carbonyl (C=O) groups excluding carboxylic acids is 1. The lowest BCUT2D eigenvalue weighted by Crippen LogP contribution is -2.10. The minimum Gasteiger partial charge on any atom is -0.466 e. The Balaban J connectivity index is 2.51. The number of benzene rings is 1. The monoisotopic (exact) mass is 230 g/mol. The zero-order valence-electron chi connectivity index (χ0n) is 9.90. The summed E-state index contributed by atoms with van der Waals surface area (Å²) in [5.74, 6) is 0.617. The maximum Gasteiger partial charge on any atom is 0.338 e. The van der Waals surface area contributed by atoms with Gasteiger partial charge in [0.25, 0.3) is 0 Å². The quantitative estimate of drug-likeness (QED) is 0.733. The van der Waals surface area contributed by atoms with E-state index in [1.165, 1.54) is 7.11 Å². The molecular weight excluding hydrogens is 216 g/mol. The Kier molecular flexibility index (Phi) is 3.00. The highest BCUT2D eigenvalue weighted by atomic mass is 16.5. The maximum absolute atomic E-state index is 11.8. The highest BCUT2D eigenvalue weighted by molar-refractivity contribution is 5.98. The topological polar surface area (TPSA) is 35.5 Å². The van der Waals surface area contributed by atoms with E-state index in [0.717, 1.165) is 5.56 Å². The lowest BCUT2D eigenvalue weighted by atomic mass is 9.99. The smallest absolute Gasteiger partial charge is 0.338 e. The van der Waals surface area contributed by atoms with Crippen LogP contribution in [0.25, 0.3) is 5.76 Å². The summed E-state index contributed by atoms with van der Waals surface area (Å²) in [5, 5.41) is 0. The normalized spacial score (nSPS) is 19.2. The molecule has 2 rings (SSSR count). The molecule has 1 heterocycles. The summed E-state index contributed by atoms with van der Waals surface area (Å²) in [6.45, 7) is 5.69. The van der Waals surface area contributed by atoms with Gasteiger partial charge in [-0.25, -0.2) is 4.79 Å². The van der Waals surface area contributed by atoms with Gasteiger partial charge in [0.1, 0.15) is 11.5 Å². The highest BCUT2D eigenvalue weighted by Crippen LogP contribution is 2.38. The molecule has 3 heteroatoms. The lowest BCUT2D eigenvalue weighted by Gasteiger charge is -2.05. The van der Waals surface area contributed by atoms with Crippen LogP contribution < -0.4 is 0 Å². The Morgan fingerprint density at radius 2 is 2.00 bits per heavy atom. The van der Waals surface area contributed by atoms with E-state index in [4.69, 9.17) is 9.47 Å². The first kappa shape index (κ1) is 11.5. The predicted molar refractivity (Wildman–Crippen MR) is 64.8 cm³/mol. The molecule has 1 aliphatic heterocycles. The number of rotatable bonds is 2. The zero-order valence-corrected chi connectivity index (χ0v) is 9.90. The van der Waals surface area contributed by atoms with E-state index in [0.29, 0.717) is 17.1 Å². The number of methoxy groups -OCH3 is 1. The molecule has 0 amide bonds. The van der Waals surface area contributed by atoms with Crippen molar-refractivity contribution in [1.29, 1.82) is 0 Å². The fourth-order valence-electron chi connectivity index (χ4n) is 1.82. The average Bonchev–Trinajstić information content (AvgIpc) is 2.66. The van der Waals surface area contributed by atoms with Gasteiger partial charge in [0.2, 0.25) is 0 Å². The molecule has 0 saturated carbocycles. The molecule has 0 aliphatic carbocycles. The van der Waals surface area contributed by atoms with Crippen LogP contribution in [-0.4, -0.2) is 13.1 Å². The second-order valence-corrected chi connectivity index (χ2v) is 3.89. The molecule has 88 valence electrons. The molecule has 0 fully saturated rings. The van der Waals surface area contributed by atoms with Crippen LogP contribution in [0.5, 0.6) is 0 Å². The SMILES string of the molecule is C=C1OC(c2ccccc2)=C(C(=O)OC)[C@H]1C. The van der Waals surface area contributed by atoms with Gasteiger partial charge in [-0.3, -0.25) is 0 Å². The predicted octanol–water partition coefficient (Wildman–Crippen LogP) is 2.75. The molecule has 0 spiro atoms. The molecule has 1 atom stereocenters. The Hall–Kier alpha value is -2.03. The first-order valence-corrected chi connectivity index (χ1v) is 5.39. The number of hydrogen-bond acceptors (Lipinski definition) is 3. The minimum absolute atomic E-state index is 0.141. The molecule has 0 radical (unpaired) electrons. The van der Waals surface area contributed by atoms with E-state index in [2.05, 4.69) is 6.58 Å². The molecule has 3 nitrogen and oxygen atoms in total.